The van der Waals surface area contributed by atoms with Crippen LogP contribution in [0, 0.1) is 5.82 Å². The van der Waals surface area contributed by atoms with Crippen molar-refractivity contribution in [2.75, 3.05) is 5.32 Å². The van der Waals surface area contributed by atoms with Crippen LogP contribution in [0.1, 0.15) is 25.6 Å². The highest BCUT2D eigenvalue weighted by molar-refractivity contribution is 9.10. The number of benzene rings is 1. The van der Waals surface area contributed by atoms with E-state index in [1.165, 1.54) is 6.07 Å². The SMILES string of the molecule is CC(C)c1nc(Br)cc(Nc2ccc(Br)cc2F)n1. The summed E-state index contributed by atoms with van der Waals surface area (Å²) >= 11 is 6.56. The van der Waals surface area contributed by atoms with Crippen molar-refractivity contribution in [3.8, 4) is 0 Å². The maximum atomic E-state index is 13.7. The zero-order valence-corrected chi connectivity index (χ0v) is 13.6. The van der Waals surface area contributed by atoms with E-state index in [1.54, 1.807) is 18.2 Å². The lowest BCUT2D eigenvalue weighted by Gasteiger charge is -2.10. The molecule has 100 valence electrons. The minimum atomic E-state index is -0.338. The van der Waals surface area contributed by atoms with Gasteiger partial charge in [0.1, 0.15) is 22.1 Å². The van der Waals surface area contributed by atoms with Gasteiger partial charge in [-0.15, -0.1) is 0 Å². The zero-order chi connectivity index (χ0) is 14.0. The van der Waals surface area contributed by atoms with E-state index in [2.05, 4.69) is 47.1 Å². The molecule has 0 aliphatic carbocycles. The molecule has 1 heterocycles. The Morgan fingerprint density at radius 3 is 2.53 bits per heavy atom. The summed E-state index contributed by atoms with van der Waals surface area (Å²) in [4.78, 5) is 8.64. The Morgan fingerprint density at radius 2 is 1.89 bits per heavy atom. The number of aromatic nitrogens is 2. The molecule has 0 amide bonds. The Balaban J connectivity index is 2.32. The average molecular weight is 389 g/mol. The van der Waals surface area contributed by atoms with Crippen LogP contribution in [-0.4, -0.2) is 9.97 Å². The van der Waals surface area contributed by atoms with Gasteiger partial charge in [-0.25, -0.2) is 14.4 Å². The predicted molar refractivity (Wildman–Crippen MR) is 81.2 cm³/mol. The number of hydrogen-bond acceptors (Lipinski definition) is 3. The average Bonchev–Trinajstić information content (AvgIpc) is 2.32. The van der Waals surface area contributed by atoms with Crippen molar-refractivity contribution in [1.29, 1.82) is 0 Å². The van der Waals surface area contributed by atoms with Gasteiger partial charge in [-0.3, -0.25) is 0 Å². The molecule has 1 aromatic heterocycles. The monoisotopic (exact) mass is 387 g/mol. The minimum Gasteiger partial charge on any atom is -0.338 e. The van der Waals surface area contributed by atoms with Gasteiger partial charge < -0.3 is 5.32 Å². The van der Waals surface area contributed by atoms with Gasteiger partial charge in [0.05, 0.1) is 5.69 Å². The molecule has 0 saturated carbocycles. The van der Waals surface area contributed by atoms with Gasteiger partial charge in [0.2, 0.25) is 0 Å². The highest BCUT2D eigenvalue weighted by Crippen LogP contribution is 2.24. The summed E-state index contributed by atoms with van der Waals surface area (Å²) in [5.74, 6) is 1.13. The first-order valence-corrected chi connectivity index (χ1v) is 7.31. The number of halogens is 3. The molecule has 0 fully saturated rings. The number of nitrogens with one attached hydrogen (secondary N) is 1. The van der Waals surface area contributed by atoms with E-state index in [-0.39, 0.29) is 11.7 Å². The Hall–Kier alpha value is -1.01. The third-order valence-corrected chi connectivity index (χ3v) is 3.32. The molecule has 0 spiro atoms. The minimum absolute atomic E-state index is 0.202. The van der Waals surface area contributed by atoms with Crippen molar-refractivity contribution in [1.82, 2.24) is 9.97 Å². The second-order valence-corrected chi connectivity index (χ2v) is 6.07. The quantitative estimate of drug-likeness (QED) is 0.751. The highest BCUT2D eigenvalue weighted by atomic mass is 79.9. The second kappa shape index (κ2) is 5.96. The van der Waals surface area contributed by atoms with Crippen molar-refractivity contribution in [2.24, 2.45) is 0 Å². The van der Waals surface area contributed by atoms with Gasteiger partial charge in [0, 0.05) is 16.5 Å². The summed E-state index contributed by atoms with van der Waals surface area (Å²) in [7, 11) is 0. The molecule has 3 nitrogen and oxygen atoms in total. The molecule has 0 bridgehead atoms. The van der Waals surface area contributed by atoms with Crippen LogP contribution in [0.15, 0.2) is 33.3 Å². The summed E-state index contributed by atoms with van der Waals surface area (Å²) in [6, 6.07) is 6.55. The maximum absolute atomic E-state index is 13.7. The molecule has 0 radical (unpaired) electrons. The molecular formula is C13H12Br2FN3. The van der Waals surface area contributed by atoms with Crippen molar-refractivity contribution < 1.29 is 4.39 Å². The second-order valence-electron chi connectivity index (χ2n) is 4.34. The summed E-state index contributed by atoms with van der Waals surface area (Å²) in [6.45, 7) is 4.01. The summed E-state index contributed by atoms with van der Waals surface area (Å²) in [5, 5.41) is 2.96. The van der Waals surface area contributed by atoms with Crippen LogP contribution in [0.3, 0.4) is 0 Å². The molecule has 1 N–H and O–H groups in total. The van der Waals surface area contributed by atoms with E-state index < -0.39 is 0 Å². The number of rotatable bonds is 3. The lowest BCUT2D eigenvalue weighted by atomic mass is 10.2. The predicted octanol–water partition coefficient (Wildman–Crippen LogP) is 5.01. The highest BCUT2D eigenvalue weighted by Gasteiger charge is 2.09. The zero-order valence-electron chi connectivity index (χ0n) is 10.4. The van der Waals surface area contributed by atoms with Gasteiger partial charge in [-0.2, -0.15) is 0 Å². The van der Waals surface area contributed by atoms with E-state index >= 15 is 0 Å². The Morgan fingerprint density at radius 1 is 1.16 bits per heavy atom. The summed E-state index contributed by atoms with van der Waals surface area (Å²) in [6.07, 6.45) is 0. The lowest BCUT2D eigenvalue weighted by Crippen LogP contribution is -2.03. The fourth-order valence-corrected chi connectivity index (χ4v) is 2.22. The molecule has 0 atom stereocenters. The van der Waals surface area contributed by atoms with Crippen LogP contribution in [0.5, 0.6) is 0 Å². The summed E-state index contributed by atoms with van der Waals surface area (Å²) < 4.78 is 15.1. The van der Waals surface area contributed by atoms with Crippen LogP contribution in [-0.2, 0) is 0 Å². The molecule has 0 saturated heterocycles. The Bertz CT molecular complexity index is 602. The molecule has 1 aromatic carbocycles. The van der Waals surface area contributed by atoms with Crippen LogP contribution in [0.4, 0.5) is 15.9 Å². The molecule has 19 heavy (non-hydrogen) atoms. The van der Waals surface area contributed by atoms with Crippen LogP contribution < -0.4 is 5.32 Å². The largest absolute Gasteiger partial charge is 0.338 e. The smallest absolute Gasteiger partial charge is 0.147 e. The number of hydrogen-bond donors (Lipinski definition) is 1. The van der Waals surface area contributed by atoms with E-state index in [9.17, 15) is 4.39 Å². The topological polar surface area (TPSA) is 37.8 Å². The van der Waals surface area contributed by atoms with E-state index in [4.69, 9.17) is 0 Å². The first-order chi connectivity index (χ1) is 8.95. The van der Waals surface area contributed by atoms with Gasteiger partial charge in [0.25, 0.3) is 0 Å². The molecule has 0 aliphatic rings. The molecule has 0 aliphatic heterocycles. The molecule has 6 heteroatoms. The molecule has 2 aromatic rings. The fraction of sp³-hybridized carbons (Fsp3) is 0.231. The Kier molecular flexibility index (Phi) is 4.52. The number of nitrogens with zero attached hydrogens (tertiary/aromatic N) is 2. The van der Waals surface area contributed by atoms with Crippen molar-refractivity contribution in [3.05, 3.63) is 45.0 Å². The van der Waals surface area contributed by atoms with Gasteiger partial charge in [0.15, 0.2) is 0 Å². The molecule has 2 rings (SSSR count). The van der Waals surface area contributed by atoms with Gasteiger partial charge in [-0.05, 0) is 34.1 Å². The molecule has 0 unspecified atom stereocenters. The first-order valence-electron chi connectivity index (χ1n) is 5.72. The van der Waals surface area contributed by atoms with Crippen molar-refractivity contribution in [2.45, 2.75) is 19.8 Å². The fourth-order valence-electron chi connectivity index (χ4n) is 1.49. The standard InChI is InChI=1S/C13H12Br2FN3/c1-7(2)13-18-11(15)6-12(19-13)17-10-4-3-8(14)5-9(10)16/h3-7H,1-2H3,(H,17,18,19). The Labute approximate surface area is 127 Å². The normalized spacial score (nSPS) is 10.8. The molecular weight excluding hydrogens is 377 g/mol. The van der Waals surface area contributed by atoms with E-state index in [0.717, 1.165) is 0 Å². The third-order valence-electron chi connectivity index (χ3n) is 2.42. The van der Waals surface area contributed by atoms with Crippen molar-refractivity contribution >= 4 is 43.4 Å². The van der Waals surface area contributed by atoms with Crippen molar-refractivity contribution in [3.63, 3.8) is 0 Å². The van der Waals surface area contributed by atoms with Crippen LogP contribution in [0.25, 0.3) is 0 Å². The van der Waals surface area contributed by atoms with E-state index in [0.29, 0.717) is 26.4 Å². The third kappa shape index (κ3) is 3.73. The van der Waals surface area contributed by atoms with Crippen LogP contribution >= 0.6 is 31.9 Å². The first kappa shape index (κ1) is 14.4. The maximum Gasteiger partial charge on any atom is 0.147 e. The van der Waals surface area contributed by atoms with Gasteiger partial charge in [-0.1, -0.05) is 29.8 Å². The lowest BCUT2D eigenvalue weighted by molar-refractivity contribution is 0.631. The van der Waals surface area contributed by atoms with E-state index in [1.807, 2.05) is 13.8 Å². The van der Waals surface area contributed by atoms with Gasteiger partial charge >= 0.3 is 0 Å². The summed E-state index contributed by atoms with van der Waals surface area (Å²) in [5.41, 5.74) is 0.378. The van der Waals surface area contributed by atoms with Crippen LogP contribution in [0.2, 0.25) is 0 Å². The number of anilines is 2.